The molecule has 0 aromatic carbocycles. The Bertz CT molecular complexity index is 547. The molecule has 100 valence electrons. The van der Waals surface area contributed by atoms with Gasteiger partial charge in [-0.2, -0.15) is 5.26 Å². The van der Waals surface area contributed by atoms with Gasteiger partial charge in [0, 0.05) is 25.8 Å². The first-order valence-electron chi connectivity index (χ1n) is 6.40. The van der Waals surface area contributed by atoms with Gasteiger partial charge >= 0.3 is 0 Å². The molecule has 1 amide bonds. The van der Waals surface area contributed by atoms with Crippen molar-refractivity contribution in [2.75, 3.05) is 31.6 Å². The summed E-state index contributed by atoms with van der Waals surface area (Å²) in [6, 6.07) is 4.10. The first kappa shape index (κ1) is 13.3. The molecule has 1 aliphatic rings. The summed E-state index contributed by atoms with van der Waals surface area (Å²) in [5.41, 5.74) is 2.36. The molecule has 5 nitrogen and oxygen atoms in total. The maximum atomic E-state index is 11.9. The molecule has 2 heterocycles. The zero-order valence-corrected chi connectivity index (χ0v) is 11.6. The van der Waals surface area contributed by atoms with Crippen molar-refractivity contribution >= 4 is 11.7 Å². The van der Waals surface area contributed by atoms with Gasteiger partial charge < -0.3 is 9.80 Å². The lowest BCUT2D eigenvalue weighted by Gasteiger charge is -2.22. The second-order valence-electron chi connectivity index (χ2n) is 4.98. The topological polar surface area (TPSA) is 60.2 Å². The lowest BCUT2D eigenvalue weighted by Crippen LogP contribution is -2.35. The Kier molecular flexibility index (Phi) is 3.70. The number of carbonyl (C=O) groups excluding carboxylic acids is 1. The lowest BCUT2D eigenvalue weighted by molar-refractivity contribution is -0.127. The largest absolute Gasteiger partial charge is 0.346 e. The molecule has 0 saturated carbocycles. The molecule has 1 aromatic rings. The summed E-state index contributed by atoms with van der Waals surface area (Å²) in [5, 5.41) is 9.30. The SMILES string of the molecule is Cc1cc(C)c(C#N)c(N2CCCN(C)C(=O)C2)n1. The Morgan fingerprint density at radius 3 is 2.79 bits per heavy atom. The molecule has 0 N–H and O–H groups in total. The van der Waals surface area contributed by atoms with Gasteiger partial charge in [-0.3, -0.25) is 4.79 Å². The molecular formula is C14H18N4O. The molecule has 0 spiro atoms. The Morgan fingerprint density at radius 2 is 2.11 bits per heavy atom. The maximum absolute atomic E-state index is 11.9. The number of nitriles is 1. The van der Waals surface area contributed by atoms with Crippen molar-refractivity contribution in [3.63, 3.8) is 0 Å². The van der Waals surface area contributed by atoms with E-state index in [9.17, 15) is 10.1 Å². The second-order valence-corrected chi connectivity index (χ2v) is 4.98. The van der Waals surface area contributed by atoms with E-state index < -0.39 is 0 Å². The first-order valence-corrected chi connectivity index (χ1v) is 6.40. The minimum atomic E-state index is 0.0716. The summed E-state index contributed by atoms with van der Waals surface area (Å²) in [7, 11) is 1.81. The number of rotatable bonds is 1. The predicted molar refractivity (Wildman–Crippen MR) is 72.9 cm³/mol. The average molecular weight is 258 g/mol. The van der Waals surface area contributed by atoms with Crippen LogP contribution in [-0.2, 0) is 4.79 Å². The van der Waals surface area contributed by atoms with Crippen LogP contribution in [0.5, 0.6) is 0 Å². The van der Waals surface area contributed by atoms with Gasteiger partial charge in [-0.25, -0.2) is 4.98 Å². The van der Waals surface area contributed by atoms with Crippen molar-refractivity contribution in [3.05, 3.63) is 22.9 Å². The zero-order valence-electron chi connectivity index (χ0n) is 11.6. The van der Waals surface area contributed by atoms with Crippen LogP contribution in [0.15, 0.2) is 6.07 Å². The summed E-state index contributed by atoms with van der Waals surface area (Å²) >= 11 is 0. The van der Waals surface area contributed by atoms with E-state index >= 15 is 0 Å². The third kappa shape index (κ3) is 2.68. The van der Waals surface area contributed by atoms with E-state index in [1.807, 2.05) is 31.9 Å². The van der Waals surface area contributed by atoms with Crippen molar-refractivity contribution in [2.45, 2.75) is 20.3 Å². The third-order valence-corrected chi connectivity index (χ3v) is 3.41. The monoisotopic (exact) mass is 258 g/mol. The minimum absolute atomic E-state index is 0.0716. The molecule has 1 saturated heterocycles. The van der Waals surface area contributed by atoms with Gasteiger partial charge in [0.15, 0.2) is 0 Å². The molecule has 1 aliphatic heterocycles. The number of nitrogens with zero attached hydrogens (tertiary/aromatic N) is 4. The molecule has 0 atom stereocenters. The highest BCUT2D eigenvalue weighted by atomic mass is 16.2. The van der Waals surface area contributed by atoms with Crippen LogP contribution in [0, 0.1) is 25.2 Å². The number of aromatic nitrogens is 1. The highest BCUT2D eigenvalue weighted by Crippen LogP contribution is 2.23. The van der Waals surface area contributed by atoms with Crippen LogP contribution in [0.1, 0.15) is 23.2 Å². The summed E-state index contributed by atoms with van der Waals surface area (Å²) in [6.45, 7) is 5.61. The third-order valence-electron chi connectivity index (χ3n) is 3.41. The zero-order chi connectivity index (χ0) is 14.0. The normalized spacial score (nSPS) is 16.2. The Hall–Kier alpha value is -2.09. The molecular weight excluding hydrogens is 240 g/mol. The van der Waals surface area contributed by atoms with Gasteiger partial charge in [0.25, 0.3) is 0 Å². The number of anilines is 1. The molecule has 0 unspecified atom stereocenters. The smallest absolute Gasteiger partial charge is 0.241 e. The van der Waals surface area contributed by atoms with E-state index in [2.05, 4.69) is 11.1 Å². The first-order chi connectivity index (χ1) is 9.02. The van der Waals surface area contributed by atoms with E-state index in [-0.39, 0.29) is 5.91 Å². The molecule has 1 fully saturated rings. The standard InChI is InChI=1S/C14H18N4O/c1-10-7-11(2)16-14(12(10)8-15)18-6-4-5-17(3)13(19)9-18/h7H,4-6,9H2,1-3H3. The van der Waals surface area contributed by atoms with Crippen molar-refractivity contribution in [1.82, 2.24) is 9.88 Å². The molecule has 2 rings (SSSR count). The lowest BCUT2D eigenvalue weighted by atomic mass is 10.1. The average Bonchev–Trinajstić information content (AvgIpc) is 2.51. The summed E-state index contributed by atoms with van der Waals surface area (Å²) in [5.74, 6) is 0.714. The van der Waals surface area contributed by atoms with E-state index in [0.717, 1.165) is 30.8 Å². The van der Waals surface area contributed by atoms with Crippen LogP contribution >= 0.6 is 0 Å². The van der Waals surface area contributed by atoms with Crippen LogP contribution in [0.2, 0.25) is 0 Å². The molecule has 1 aromatic heterocycles. The van der Waals surface area contributed by atoms with Crippen molar-refractivity contribution < 1.29 is 4.79 Å². The maximum Gasteiger partial charge on any atom is 0.241 e. The van der Waals surface area contributed by atoms with Gasteiger partial charge in [0.1, 0.15) is 11.9 Å². The highest BCUT2D eigenvalue weighted by Gasteiger charge is 2.23. The van der Waals surface area contributed by atoms with Crippen LogP contribution in [0.4, 0.5) is 5.82 Å². The fraction of sp³-hybridized carbons (Fsp3) is 0.500. The number of amides is 1. The van der Waals surface area contributed by atoms with E-state index in [1.54, 1.807) is 4.90 Å². The van der Waals surface area contributed by atoms with Crippen molar-refractivity contribution in [2.24, 2.45) is 0 Å². The van der Waals surface area contributed by atoms with Gasteiger partial charge in [0.2, 0.25) is 5.91 Å². The molecule has 0 aliphatic carbocycles. The van der Waals surface area contributed by atoms with E-state index in [4.69, 9.17) is 0 Å². The number of likely N-dealkylation sites (N-methyl/N-ethyl adjacent to an activating group) is 1. The second kappa shape index (κ2) is 5.27. The molecule has 5 heteroatoms. The summed E-state index contributed by atoms with van der Waals surface area (Å²) < 4.78 is 0. The quantitative estimate of drug-likeness (QED) is 0.760. The minimum Gasteiger partial charge on any atom is -0.346 e. The molecule has 0 radical (unpaired) electrons. The van der Waals surface area contributed by atoms with E-state index in [0.29, 0.717) is 17.9 Å². The number of hydrogen-bond acceptors (Lipinski definition) is 4. The van der Waals surface area contributed by atoms with E-state index in [1.165, 1.54) is 0 Å². The van der Waals surface area contributed by atoms with Crippen molar-refractivity contribution in [1.29, 1.82) is 5.26 Å². The van der Waals surface area contributed by atoms with Crippen LogP contribution in [-0.4, -0.2) is 42.5 Å². The Balaban J connectivity index is 2.41. The summed E-state index contributed by atoms with van der Waals surface area (Å²) in [6.07, 6.45) is 0.891. The fourth-order valence-electron chi connectivity index (χ4n) is 2.35. The van der Waals surface area contributed by atoms with Crippen LogP contribution < -0.4 is 4.90 Å². The predicted octanol–water partition coefficient (Wildman–Crippen LogP) is 1.24. The Morgan fingerprint density at radius 1 is 1.37 bits per heavy atom. The Labute approximate surface area is 113 Å². The van der Waals surface area contributed by atoms with Gasteiger partial charge in [-0.05, 0) is 31.9 Å². The summed E-state index contributed by atoms with van der Waals surface area (Å²) in [4.78, 5) is 20.1. The molecule has 19 heavy (non-hydrogen) atoms. The van der Waals surface area contributed by atoms with Gasteiger partial charge in [-0.1, -0.05) is 0 Å². The van der Waals surface area contributed by atoms with Crippen LogP contribution in [0.25, 0.3) is 0 Å². The molecule has 0 bridgehead atoms. The van der Waals surface area contributed by atoms with Gasteiger partial charge in [-0.15, -0.1) is 0 Å². The van der Waals surface area contributed by atoms with Crippen molar-refractivity contribution in [3.8, 4) is 6.07 Å². The van der Waals surface area contributed by atoms with Crippen LogP contribution in [0.3, 0.4) is 0 Å². The number of carbonyl (C=O) groups is 1. The highest BCUT2D eigenvalue weighted by molar-refractivity contribution is 5.82. The fourth-order valence-corrected chi connectivity index (χ4v) is 2.35. The number of hydrogen-bond donors (Lipinski definition) is 0. The number of pyridine rings is 1. The number of aryl methyl sites for hydroxylation is 2. The van der Waals surface area contributed by atoms with Gasteiger partial charge in [0.05, 0.1) is 12.1 Å².